The normalized spacial score (nSPS) is 28.8. The van der Waals surface area contributed by atoms with E-state index in [-0.39, 0.29) is 11.8 Å². The molecule has 1 aliphatic heterocycles. The second-order valence-electron chi connectivity index (χ2n) is 6.74. The molecule has 4 nitrogen and oxygen atoms in total. The molecule has 20 heavy (non-hydrogen) atoms. The molecule has 2 amide bonds. The molecule has 3 rings (SSSR count). The van der Waals surface area contributed by atoms with E-state index in [0.29, 0.717) is 6.54 Å². The molecule has 3 aliphatic rings. The molecule has 0 unspecified atom stereocenters. The first-order valence-corrected chi connectivity index (χ1v) is 8.29. The van der Waals surface area contributed by atoms with Crippen molar-refractivity contribution >= 4 is 11.8 Å². The van der Waals surface area contributed by atoms with E-state index in [9.17, 15) is 9.59 Å². The topological polar surface area (TPSA) is 49.4 Å². The number of rotatable bonds is 1. The number of hydrogen-bond acceptors (Lipinski definition) is 2. The van der Waals surface area contributed by atoms with Crippen molar-refractivity contribution in [1.82, 2.24) is 10.2 Å². The number of carbonyl (C=O) groups is 2. The summed E-state index contributed by atoms with van der Waals surface area (Å²) in [6, 6.07) is 0. The lowest BCUT2D eigenvalue weighted by molar-refractivity contribution is -0.167. The molecule has 1 saturated heterocycles. The van der Waals surface area contributed by atoms with Gasteiger partial charge in [0.05, 0.1) is 0 Å². The zero-order valence-corrected chi connectivity index (χ0v) is 12.5. The highest BCUT2D eigenvalue weighted by Crippen LogP contribution is 2.42. The van der Waals surface area contributed by atoms with Crippen LogP contribution in [0.15, 0.2) is 0 Å². The summed E-state index contributed by atoms with van der Waals surface area (Å²) in [4.78, 5) is 27.8. The number of likely N-dealkylation sites (N-methyl/N-ethyl adjacent to an activating group) is 1. The third kappa shape index (κ3) is 1.87. The molecule has 0 atom stereocenters. The molecular formula is C16H26N2O2. The Morgan fingerprint density at radius 3 is 2.05 bits per heavy atom. The van der Waals surface area contributed by atoms with Crippen LogP contribution in [0.3, 0.4) is 0 Å². The van der Waals surface area contributed by atoms with Crippen LogP contribution in [0, 0.1) is 0 Å². The van der Waals surface area contributed by atoms with Gasteiger partial charge in [0.15, 0.2) is 0 Å². The fourth-order valence-electron chi connectivity index (χ4n) is 4.54. The van der Waals surface area contributed by atoms with Gasteiger partial charge in [-0.3, -0.25) is 9.59 Å². The Bertz CT molecular complexity index is 407. The van der Waals surface area contributed by atoms with E-state index in [1.54, 1.807) is 0 Å². The molecule has 1 heterocycles. The van der Waals surface area contributed by atoms with Gasteiger partial charge in [-0.1, -0.05) is 38.5 Å². The van der Waals surface area contributed by atoms with Crippen LogP contribution in [0.4, 0.5) is 0 Å². The average Bonchev–Trinajstić information content (AvgIpc) is 2.48. The van der Waals surface area contributed by atoms with Crippen LogP contribution in [0.2, 0.25) is 0 Å². The second kappa shape index (κ2) is 5.05. The largest absolute Gasteiger partial charge is 0.340 e. The predicted molar refractivity (Wildman–Crippen MR) is 77.2 cm³/mol. The van der Waals surface area contributed by atoms with Crippen LogP contribution in [0.1, 0.15) is 71.1 Å². The molecule has 0 aromatic carbocycles. The zero-order valence-electron chi connectivity index (χ0n) is 12.5. The maximum atomic E-state index is 13.1. The molecule has 112 valence electrons. The number of hydrogen-bond donors (Lipinski definition) is 1. The standard InChI is InChI=1S/C16H26N2O2/c1-2-18-14(20)15(9-5-3-6-10-15)17-13(19)16(18)11-7-4-8-12-16/h2-12H2,1H3,(H,17,19). The van der Waals surface area contributed by atoms with Crippen LogP contribution in [0.25, 0.3) is 0 Å². The molecule has 0 aromatic heterocycles. The third-order valence-electron chi connectivity index (χ3n) is 5.65. The van der Waals surface area contributed by atoms with E-state index in [4.69, 9.17) is 0 Å². The SMILES string of the molecule is CCN1C(=O)C2(CCCCC2)NC(=O)C12CCCCC2. The highest BCUT2D eigenvalue weighted by molar-refractivity contribution is 6.02. The minimum Gasteiger partial charge on any atom is -0.340 e. The van der Waals surface area contributed by atoms with Crippen LogP contribution in [0.5, 0.6) is 0 Å². The fourth-order valence-corrected chi connectivity index (χ4v) is 4.54. The Kier molecular flexibility index (Phi) is 3.51. The Balaban J connectivity index is 1.94. The Hall–Kier alpha value is -1.06. The maximum absolute atomic E-state index is 13.1. The number of piperazine rings is 1. The number of nitrogens with zero attached hydrogens (tertiary/aromatic N) is 1. The molecule has 0 bridgehead atoms. The van der Waals surface area contributed by atoms with E-state index in [0.717, 1.165) is 51.4 Å². The van der Waals surface area contributed by atoms with Crippen molar-refractivity contribution in [2.24, 2.45) is 0 Å². The summed E-state index contributed by atoms with van der Waals surface area (Å²) in [5.74, 6) is 0.321. The van der Waals surface area contributed by atoms with Crippen molar-refractivity contribution in [1.29, 1.82) is 0 Å². The summed E-state index contributed by atoms with van der Waals surface area (Å²) in [6.07, 6.45) is 9.92. The van der Waals surface area contributed by atoms with Crippen LogP contribution in [-0.2, 0) is 9.59 Å². The van der Waals surface area contributed by atoms with E-state index in [1.165, 1.54) is 12.8 Å². The van der Waals surface area contributed by atoms with E-state index in [1.807, 2.05) is 11.8 Å². The smallest absolute Gasteiger partial charge is 0.249 e. The first-order chi connectivity index (χ1) is 9.65. The summed E-state index contributed by atoms with van der Waals surface area (Å²) < 4.78 is 0. The lowest BCUT2D eigenvalue weighted by Gasteiger charge is -2.54. The molecule has 0 radical (unpaired) electrons. The van der Waals surface area contributed by atoms with Gasteiger partial charge in [-0.15, -0.1) is 0 Å². The minimum absolute atomic E-state index is 0.126. The van der Waals surface area contributed by atoms with Crippen LogP contribution in [-0.4, -0.2) is 34.3 Å². The summed E-state index contributed by atoms with van der Waals surface area (Å²) in [7, 11) is 0. The van der Waals surface area contributed by atoms with Gasteiger partial charge in [-0.05, 0) is 32.6 Å². The predicted octanol–water partition coefficient (Wildman–Crippen LogP) is 2.37. The average molecular weight is 278 g/mol. The van der Waals surface area contributed by atoms with Crippen LogP contribution >= 0.6 is 0 Å². The van der Waals surface area contributed by atoms with Crippen molar-refractivity contribution in [3.63, 3.8) is 0 Å². The fraction of sp³-hybridized carbons (Fsp3) is 0.875. The maximum Gasteiger partial charge on any atom is 0.249 e. The van der Waals surface area contributed by atoms with Gasteiger partial charge in [0.2, 0.25) is 11.8 Å². The Morgan fingerprint density at radius 2 is 1.50 bits per heavy atom. The van der Waals surface area contributed by atoms with Gasteiger partial charge >= 0.3 is 0 Å². The van der Waals surface area contributed by atoms with Crippen molar-refractivity contribution < 1.29 is 9.59 Å². The number of carbonyl (C=O) groups excluding carboxylic acids is 2. The molecular weight excluding hydrogens is 252 g/mol. The summed E-state index contributed by atoms with van der Waals surface area (Å²) in [5.41, 5.74) is -1.11. The van der Waals surface area contributed by atoms with Gasteiger partial charge in [0.25, 0.3) is 0 Å². The quantitative estimate of drug-likeness (QED) is 0.800. The van der Waals surface area contributed by atoms with E-state index in [2.05, 4.69) is 5.32 Å². The first-order valence-electron chi connectivity index (χ1n) is 8.29. The molecule has 1 N–H and O–H groups in total. The van der Waals surface area contributed by atoms with Crippen molar-refractivity contribution in [2.45, 2.75) is 82.2 Å². The first kappa shape index (κ1) is 13.9. The third-order valence-corrected chi connectivity index (χ3v) is 5.65. The van der Waals surface area contributed by atoms with Crippen molar-refractivity contribution in [3.8, 4) is 0 Å². The van der Waals surface area contributed by atoms with Crippen molar-refractivity contribution in [3.05, 3.63) is 0 Å². The van der Waals surface area contributed by atoms with Gasteiger partial charge in [0, 0.05) is 6.54 Å². The lowest BCUT2D eigenvalue weighted by Crippen LogP contribution is -2.76. The molecule has 4 heteroatoms. The van der Waals surface area contributed by atoms with Gasteiger partial charge in [0.1, 0.15) is 11.1 Å². The zero-order chi connectivity index (χ0) is 14.2. The summed E-state index contributed by atoms with van der Waals surface area (Å²) in [6.45, 7) is 2.68. The number of nitrogens with one attached hydrogen (secondary N) is 1. The summed E-state index contributed by atoms with van der Waals surface area (Å²) in [5, 5.41) is 3.18. The lowest BCUT2D eigenvalue weighted by atomic mass is 9.72. The molecule has 2 saturated carbocycles. The highest BCUT2D eigenvalue weighted by atomic mass is 16.2. The monoisotopic (exact) mass is 278 g/mol. The molecule has 3 fully saturated rings. The summed E-state index contributed by atoms with van der Waals surface area (Å²) >= 11 is 0. The number of amides is 2. The molecule has 2 aliphatic carbocycles. The van der Waals surface area contributed by atoms with E-state index < -0.39 is 11.1 Å². The minimum atomic E-state index is -0.575. The Morgan fingerprint density at radius 1 is 0.950 bits per heavy atom. The van der Waals surface area contributed by atoms with Crippen molar-refractivity contribution in [2.75, 3.05) is 6.54 Å². The van der Waals surface area contributed by atoms with Gasteiger partial charge in [-0.2, -0.15) is 0 Å². The second-order valence-corrected chi connectivity index (χ2v) is 6.74. The highest BCUT2D eigenvalue weighted by Gasteiger charge is 2.57. The molecule has 0 aromatic rings. The Labute approximate surface area is 121 Å². The van der Waals surface area contributed by atoms with Crippen LogP contribution < -0.4 is 5.32 Å². The van der Waals surface area contributed by atoms with E-state index >= 15 is 0 Å². The van der Waals surface area contributed by atoms with Gasteiger partial charge in [-0.25, -0.2) is 0 Å². The van der Waals surface area contributed by atoms with Gasteiger partial charge < -0.3 is 10.2 Å². The molecule has 2 spiro atoms.